The van der Waals surface area contributed by atoms with E-state index in [0.717, 1.165) is 10.6 Å². The Hall–Kier alpha value is -2.97. The van der Waals surface area contributed by atoms with Gasteiger partial charge in [-0.15, -0.1) is 11.3 Å². The van der Waals surface area contributed by atoms with Gasteiger partial charge in [-0.2, -0.15) is 5.10 Å². The predicted octanol–water partition coefficient (Wildman–Crippen LogP) is 2.62. The number of para-hydroxylation sites is 1. The first-order valence-electron chi connectivity index (χ1n) is 8.94. The first-order valence-corrected chi connectivity index (χ1v) is 9.82. The number of ether oxygens (including phenoxy) is 2. The zero-order chi connectivity index (χ0) is 19.3. The molecule has 0 atom stereocenters. The number of aromatic nitrogens is 2. The molecule has 1 aromatic carbocycles. The van der Waals surface area contributed by atoms with E-state index in [2.05, 4.69) is 5.10 Å². The Bertz CT molecular complexity index is 947. The minimum absolute atomic E-state index is 0.221. The smallest absolute Gasteiger partial charge is 0.357 e. The molecule has 1 aliphatic rings. The standard InChI is InChI=1S/C20H19N3O4S/c24-19(22-8-10-26-11-9-22)14-27-20(25)17-13-16(18-7-4-12-28-18)21-23(17)15-5-2-1-3-6-15/h1-7,12-13H,8-11,14H2. The molecule has 8 heteroatoms. The van der Waals surface area contributed by atoms with Crippen molar-refractivity contribution in [1.29, 1.82) is 0 Å². The number of carbonyl (C=O) groups is 2. The van der Waals surface area contributed by atoms with Gasteiger partial charge in [0.05, 0.1) is 23.8 Å². The fraction of sp³-hybridized carbons (Fsp3) is 0.250. The van der Waals surface area contributed by atoms with Crippen LogP contribution in [-0.2, 0) is 14.3 Å². The lowest BCUT2D eigenvalue weighted by atomic mass is 10.3. The van der Waals surface area contributed by atoms with Crippen molar-refractivity contribution in [2.75, 3.05) is 32.9 Å². The molecule has 1 fully saturated rings. The predicted molar refractivity (Wildman–Crippen MR) is 105 cm³/mol. The second-order valence-corrected chi connectivity index (χ2v) is 7.16. The van der Waals surface area contributed by atoms with E-state index in [1.54, 1.807) is 27.0 Å². The number of hydrogen-bond donors (Lipinski definition) is 0. The van der Waals surface area contributed by atoms with Crippen LogP contribution in [0.5, 0.6) is 0 Å². The van der Waals surface area contributed by atoms with Crippen LogP contribution in [0.25, 0.3) is 16.3 Å². The number of nitrogens with zero attached hydrogens (tertiary/aromatic N) is 3. The Morgan fingerprint density at radius 3 is 2.61 bits per heavy atom. The number of carbonyl (C=O) groups excluding carboxylic acids is 2. The molecule has 4 rings (SSSR count). The second kappa shape index (κ2) is 8.37. The van der Waals surface area contributed by atoms with Gasteiger partial charge in [-0.05, 0) is 23.6 Å². The van der Waals surface area contributed by atoms with E-state index < -0.39 is 5.97 Å². The van der Waals surface area contributed by atoms with Crippen LogP contribution in [-0.4, -0.2) is 59.5 Å². The third-order valence-electron chi connectivity index (χ3n) is 4.38. The summed E-state index contributed by atoms with van der Waals surface area (Å²) in [7, 11) is 0. The highest BCUT2D eigenvalue weighted by molar-refractivity contribution is 7.13. The third kappa shape index (κ3) is 3.97. The summed E-state index contributed by atoms with van der Waals surface area (Å²) in [5.74, 6) is -0.804. The largest absolute Gasteiger partial charge is 0.451 e. The van der Waals surface area contributed by atoms with Crippen LogP contribution >= 0.6 is 11.3 Å². The highest BCUT2D eigenvalue weighted by Crippen LogP contribution is 2.26. The number of benzene rings is 1. The van der Waals surface area contributed by atoms with Gasteiger partial charge in [-0.3, -0.25) is 4.79 Å². The topological polar surface area (TPSA) is 73.7 Å². The number of thiophene rings is 1. The zero-order valence-electron chi connectivity index (χ0n) is 15.1. The highest BCUT2D eigenvalue weighted by atomic mass is 32.1. The van der Waals surface area contributed by atoms with Crippen molar-refractivity contribution in [2.24, 2.45) is 0 Å². The maximum atomic E-state index is 12.7. The van der Waals surface area contributed by atoms with Gasteiger partial charge in [0.15, 0.2) is 12.3 Å². The molecule has 1 aliphatic heterocycles. The zero-order valence-corrected chi connectivity index (χ0v) is 15.9. The molecular formula is C20H19N3O4S. The Balaban J connectivity index is 1.55. The molecule has 0 bridgehead atoms. The minimum atomic E-state index is -0.583. The van der Waals surface area contributed by atoms with E-state index >= 15 is 0 Å². The van der Waals surface area contributed by atoms with Gasteiger partial charge < -0.3 is 14.4 Å². The molecular weight excluding hydrogens is 378 g/mol. The average Bonchev–Trinajstić information content (AvgIpc) is 3.43. The van der Waals surface area contributed by atoms with E-state index in [0.29, 0.717) is 32.0 Å². The minimum Gasteiger partial charge on any atom is -0.451 e. The van der Waals surface area contributed by atoms with Gasteiger partial charge in [0.1, 0.15) is 5.69 Å². The van der Waals surface area contributed by atoms with Crippen molar-refractivity contribution in [3.05, 3.63) is 59.6 Å². The lowest BCUT2D eigenvalue weighted by Crippen LogP contribution is -2.42. The first-order chi connectivity index (χ1) is 13.7. The number of rotatable bonds is 5. The number of amides is 1. The molecule has 0 unspecified atom stereocenters. The van der Waals surface area contributed by atoms with Crippen molar-refractivity contribution in [2.45, 2.75) is 0 Å². The Morgan fingerprint density at radius 1 is 1.11 bits per heavy atom. The molecule has 0 aliphatic carbocycles. The quantitative estimate of drug-likeness (QED) is 0.619. The number of esters is 1. The van der Waals surface area contributed by atoms with Crippen LogP contribution in [0.3, 0.4) is 0 Å². The lowest BCUT2D eigenvalue weighted by molar-refractivity contribution is -0.138. The summed E-state index contributed by atoms with van der Waals surface area (Å²) in [6.07, 6.45) is 0. The van der Waals surface area contributed by atoms with Crippen molar-refractivity contribution in [1.82, 2.24) is 14.7 Å². The molecule has 28 heavy (non-hydrogen) atoms. The van der Waals surface area contributed by atoms with Gasteiger partial charge in [-0.1, -0.05) is 24.3 Å². The van der Waals surface area contributed by atoms with E-state index in [9.17, 15) is 9.59 Å². The van der Waals surface area contributed by atoms with Crippen LogP contribution in [0.2, 0.25) is 0 Å². The van der Waals surface area contributed by atoms with Gasteiger partial charge in [-0.25, -0.2) is 9.48 Å². The molecule has 0 saturated carbocycles. The summed E-state index contributed by atoms with van der Waals surface area (Å²) in [6.45, 7) is 1.74. The summed E-state index contributed by atoms with van der Waals surface area (Å²) in [5, 5.41) is 6.53. The molecule has 0 N–H and O–H groups in total. The third-order valence-corrected chi connectivity index (χ3v) is 5.28. The molecule has 3 aromatic rings. The van der Waals surface area contributed by atoms with E-state index in [-0.39, 0.29) is 18.2 Å². The molecule has 1 amide bonds. The molecule has 1 saturated heterocycles. The highest BCUT2D eigenvalue weighted by Gasteiger charge is 2.22. The van der Waals surface area contributed by atoms with Crippen LogP contribution in [0.4, 0.5) is 0 Å². The summed E-state index contributed by atoms with van der Waals surface area (Å²) < 4.78 is 12.1. The molecule has 0 radical (unpaired) electrons. The van der Waals surface area contributed by atoms with E-state index in [4.69, 9.17) is 9.47 Å². The Kier molecular flexibility index (Phi) is 5.50. The maximum Gasteiger partial charge on any atom is 0.357 e. The number of morpholine rings is 1. The Labute approximate surface area is 166 Å². The summed E-state index contributed by atoms with van der Waals surface area (Å²) in [6, 6.07) is 14.9. The molecule has 2 aromatic heterocycles. The fourth-order valence-electron chi connectivity index (χ4n) is 2.94. The van der Waals surface area contributed by atoms with Crippen molar-refractivity contribution in [3.8, 4) is 16.3 Å². The first kappa shape index (κ1) is 18.4. The molecule has 0 spiro atoms. The van der Waals surface area contributed by atoms with Crippen LogP contribution in [0, 0.1) is 0 Å². The van der Waals surface area contributed by atoms with Crippen molar-refractivity contribution < 1.29 is 19.1 Å². The van der Waals surface area contributed by atoms with Gasteiger partial charge in [0.2, 0.25) is 0 Å². The molecule has 7 nitrogen and oxygen atoms in total. The lowest BCUT2D eigenvalue weighted by Gasteiger charge is -2.26. The summed E-state index contributed by atoms with van der Waals surface area (Å²) >= 11 is 1.54. The van der Waals surface area contributed by atoms with Gasteiger partial charge in [0.25, 0.3) is 5.91 Å². The van der Waals surface area contributed by atoms with Gasteiger partial charge >= 0.3 is 5.97 Å². The van der Waals surface area contributed by atoms with Crippen molar-refractivity contribution in [3.63, 3.8) is 0 Å². The number of hydrogen-bond acceptors (Lipinski definition) is 6. The maximum absolute atomic E-state index is 12.7. The SMILES string of the molecule is O=C(OCC(=O)N1CCOCC1)c1cc(-c2cccs2)nn1-c1ccccc1. The normalized spacial score (nSPS) is 14.1. The Morgan fingerprint density at radius 2 is 1.89 bits per heavy atom. The van der Waals surface area contributed by atoms with Crippen LogP contribution < -0.4 is 0 Å². The summed E-state index contributed by atoms with van der Waals surface area (Å²) in [4.78, 5) is 27.6. The van der Waals surface area contributed by atoms with E-state index in [1.165, 1.54) is 0 Å². The fourth-order valence-corrected chi connectivity index (χ4v) is 3.62. The van der Waals surface area contributed by atoms with Gasteiger partial charge in [0, 0.05) is 19.2 Å². The molecule has 144 valence electrons. The second-order valence-electron chi connectivity index (χ2n) is 6.21. The van der Waals surface area contributed by atoms with Crippen LogP contribution in [0.15, 0.2) is 53.9 Å². The van der Waals surface area contributed by atoms with Crippen LogP contribution in [0.1, 0.15) is 10.5 Å². The average molecular weight is 397 g/mol. The monoisotopic (exact) mass is 397 g/mol. The van der Waals surface area contributed by atoms with Crippen molar-refractivity contribution >= 4 is 23.2 Å². The summed E-state index contributed by atoms with van der Waals surface area (Å²) in [5.41, 5.74) is 1.71. The van der Waals surface area contributed by atoms with E-state index in [1.807, 2.05) is 47.8 Å². The molecule has 3 heterocycles.